The van der Waals surface area contributed by atoms with Gasteiger partial charge >= 0.3 is 0 Å². The summed E-state index contributed by atoms with van der Waals surface area (Å²) in [6, 6.07) is 95.6. The molecule has 0 radical (unpaired) electrons. The van der Waals surface area contributed by atoms with Gasteiger partial charge in [0.05, 0.1) is 11.4 Å². The van der Waals surface area contributed by atoms with Gasteiger partial charge in [0.25, 0.3) is 0 Å². The molecule has 68 heavy (non-hydrogen) atoms. The highest BCUT2D eigenvalue weighted by Gasteiger charge is 2.39. The van der Waals surface area contributed by atoms with Crippen LogP contribution in [0.1, 0.15) is 25.0 Å². The molecule has 0 N–H and O–H groups in total. The van der Waals surface area contributed by atoms with Crippen LogP contribution in [0.3, 0.4) is 0 Å². The number of fused-ring (bicyclic) bond motifs is 4. The van der Waals surface area contributed by atoms with E-state index in [1.807, 2.05) is 0 Å². The third-order valence-corrected chi connectivity index (χ3v) is 14.1. The predicted molar refractivity (Wildman–Crippen MR) is 289 cm³/mol. The summed E-state index contributed by atoms with van der Waals surface area (Å²) in [5, 5.41) is 2.49. The van der Waals surface area contributed by atoms with Crippen LogP contribution in [-0.4, -0.2) is 0 Å². The molecule has 1 heteroatoms. The van der Waals surface area contributed by atoms with Gasteiger partial charge < -0.3 is 4.90 Å². The Balaban J connectivity index is 1.04. The van der Waals surface area contributed by atoms with Crippen LogP contribution >= 0.6 is 0 Å². The molecular formula is C67H49N. The molecule has 12 rings (SSSR count). The van der Waals surface area contributed by atoms with Gasteiger partial charge in [-0.3, -0.25) is 0 Å². The zero-order chi connectivity index (χ0) is 45.6. The van der Waals surface area contributed by atoms with Gasteiger partial charge in [0.2, 0.25) is 0 Å². The molecule has 0 saturated heterocycles. The van der Waals surface area contributed by atoms with Crippen molar-refractivity contribution in [1.82, 2.24) is 0 Å². The average Bonchev–Trinajstić information content (AvgIpc) is 3.65. The van der Waals surface area contributed by atoms with Crippen LogP contribution in [0, 0.1) is 0 Å². The number of rotatable bonds is 9. The number of para-hydroxylation sites is 1. The summed E-state index contributed by atoms with van der Waals surface area (Å²) in [5.74, 6) is 0. The maximum atomic E-state index is 2.52. The summed E-state index contributed by atoms with van der Waals surface area (Å²) in [6.45, 7) is 4.78. The van der Waals surface area contributed by atoms with Gasteiger partial charge in [-0.05, 0) is 125 Å². The van der Waals surface area contributed by atoms with Crippen molar-refractivity contribution < 1.29 is 0 Å². The maximum absolute atomic E-state index is 2.52. The largest absolute Gasteiger partial charge is 0.310 e. The van der Waals surface area contributed by atoms with Gasteiger partial charge in [0.1, 0.15) is 0 Å². The van der Waals surface area contributed by atoms with Crippen molar-refractivity contribution in [3.63, 3.8) is 0 Å². The average molecular weight is 868 g/mol. The molecule has 0 aliphatic heterocycles. The smallest absolute Gasteiger partial charge is 0.0540 e. The first kappa shape index (κ1) is 40.9. The van der Waals surface area contributed by atoms with Crippen molar-refractivity contribution in [2.45, 2.75) is 19.3 Å². The highest BCUT2D eigenvalue weighted by molar-refractivity contribution is 6.09. The molecule has 0 bridgehead atoms. The number of hydrogen-bond donors (Lipinski definition) is 0. The number of hydrogen-bond acceptors (Lipinski definition) is 1. The van der Waals surface area contributed by atoms with E-state index in [9.17, 15) is 0 Å². The molecule has 0 aromatic heterocycles. The second kappa shape index (κ2) is 17.0. The molecule has 1 aliphatic carbocycles. The monoisotopic (exact) mass is 867 g/mol. The van der Waals surface area contributed by atoms with Gasteiger partial charge in [0, 0.05) is 16.7 Å². The van der Waals surface area contributed by atoms with Crippen molar-refractivity contribution in [2.24, 2.45) is 0 Å². The van der Waals surface area contributed by atoms with Crippen molar-refractivity contribution in [1.29, 1.82) is 0 Å². The molecule has 0 fully saturated rings. The van der Waals surface area contributed by atoms with Gasteiger partial charge in [-0.2, -0.15) is 0 Å². The Bertz CT molecular complexity index is 3620. The molecule has 0 spiro atoms. The molecule has 1 nitrogen and oxygen atoms in total. The van der Waals surface area contributed by atoms with Crippen LogP contribution in [0.2, 0.25) is 0 Å². The standard InChI is InChI=1S/C67H49N/c1-67(2)62-38-18-16-35-59(62)61-44-51(46-22-6-3-7-23-46)45-64(66(61)67)68(63-39-19-17-31-54(63)47-24-8-4-9-25-47)52-42-40-49(41-43-52)53-30-12-13-32-56(53)57-33-14-15-34-58(57)60-37-21-29-50-28-20-36-55(65(50)60)48-26-10-5-11-27-48/h3-45H,1-2H3. The molecular weight excluding hydrogens is 819 g/mol. The normalized spacial score (nSPS) is 12.4. The summed E-state index contributed by atoms with van der Waals surface area (Å²) in [4.78, 5) is 2.52. The van der Waals surface area contributed by atoms with Crippen LogP contribution in [0.15, 0.2) is 261 Å². The first-order valence-corrected chi connectivity index (χ1v) is 23.7. The van der Waals surface area contributed by atoms with Crippen molar-refractivity contribution in [3.05, 3.63) is 272 Å². The summed E-state index contributed by atoms with van der Waals surface area (Å²) in [7, 11) is 0. The SMILES string of the molecule is CC1(C)c2ccccc2-c2cc(-c3ccccc3)cc(N(c3ccc(-c4ccccc4-c4ccccc4-c4cccc5cccc(-c6ccccc6)c45)cc3)c3ccccc3-c3ccccc3)c21. The van der Waals surface area contributed by atoms with Crippen LogP contribution in [-0.2, 0) is 5.41 Å². The molecule has 11 aromatic rings. The molecule has 11 aromatic carbocycles. The van der Waals surface area contributed by atoms with Crippen LogP contribution in [0.5, 0.6) is 0 Å². The van der Waals surface area contributed by atoms with Gasteiger partial charge in [0.15, 0.2) is 0 Å². The lowest BCUT2D eigenvalue weighted by molar-refractivity contribution is 0.661. The third-order valence-electron chi connectivity index (χ3n) is 14.1. The quantitative estimate of drug-likeness (QED) is 0.140. The molecule has 322 valence electrons. The highest BCUT2D eigenvalue weighted by atomic mass is 15.1. The number of benzene rings is 11. The fourth-order valence-electron chi connectivity index (χ4n) is 10.9. The lowest BCUT2D eigenvalue weighted by Crippen LogP contribution is -2.21. The first-order chi connectivity index (χ1) is 33.5. The second-order valence-corrected chi connectivity index (χ2v) is 18.4. The Hall–Kier alpha value is -8.52. The zero-order valence-corrected chi connectivity index (χ0v) is 38.3. The van der Waals surface area contributed by atoms with E-state index >= 15 is 0 Å². The maximum Gasteiger partial charge on any atom is 0.0540 e. The Kier molecular flexibility index (Phi) is 10.3. The van der Waals surface area contributed by atoms with Crippen molar-refractivity contribution in [3.8, 4) is 77.9 Å². The summed E-state index contributed by atoms with van der Waals surface area (Å²) < 4.78 is 0. The van der Waals surface area contributed by atoms with Crippen molar-refractivity contribution >= 4 is 27.8 Å². The second-order valence-electron chi connectivity index (χ2n) is 18.4. The van der Waals surface area contributed by atoms with Gasteiger partial charge in [-0.15, -0.1) is 0 Å². The summed E-state index contributed by atoms with van der Waals surface area (Å²) in [6.07, 6.45) is 0. The van der Waals surface area contributed by atoms with E-state index < -0.39 is 0 Å². The zero-order valence-electron chi connectivity index (χ0n) is 38.3. The number of anilines is 3. The van der Waals surface area contributed by atoms with Crippen LogP contribution in [0.4, 0.5) is 17.1 Å². The number of nitrogens with zero attached hydrogens (tertiary/aromatic N) is 1. The summed E-state index contributed by atoms with van der Waals surface area (Å²) >= 11 is 0. The van der Waals surface area contributed by atoms with E-state index in [1.54, 1.807) is 0 Å². The molecule has 0 heterocycles. The molecule has 0 amide bonds. The van der Waals surface area contributed by atoms with E-state index in [1.165, 1.54) is 99.9 Å². The van der Waals surface area contributed by atoms with Crippen LogP contribution in [0.25, 0.3) is 88.7 Å². The van der Waals surface area contributed by atoms with E-state index in [4.69, 9.17) is 0 Å². The fraction of sp³-hybridized carbons (Fsp3) is 0.0448. The third kappa shape index (κ3) is 7.03. The molecule has 0 saturated carbocycles. The Morgan fingerprint density at radius 1 is 0.279 bits per heavy atom. The Morgan fingerprint density at radius 3 is 1.38 bits per heavy atom. The molecule has 0 atom stereocenters. The van der Waals surface area contributed by atoms with Gasteiger partial charge in [-0.25, -0.2) is 0 Å². The minimum Gasteiger partial charge on any atom is -0.310 e. The minimum absolute atomic E-state index is 0.255. The van der Waals surface area contributed by atoms with E-state index in [2.05, 4.69) is 280 Å². The first-order valence-electron chi connectivity index (χ1n) is 23.7. The Morgan fingerprint density at radius 2 is 0.735 bits per heavy atom. The summed E-state index contributed by atoms with van der Waals surface area (Å²) in [5.41, 5.74) is 22.8. The lowest BCUT2D eigenvalue weighted by Gasteiger charge is -2.34. The van der Waals surface area contributed by atoms with E-state index in [-0.39, 0.29) is 5.41 Å². The lowest BCUT2D eigenvalue weighted by atomic mass is 9.80. The van der Waals surface area contributed by atoms with Crippen molar-refractivity contribution in [2.75, 3.05) is 4.90 Å². The fourth-order valence-corrected chi connectivity index (χ4v) is 10.9. The van der Waals surface area contributed by atoms with Crippen LogP contribution < -0.4 is 4.90 Å². The Labute approximate surface area is 399 Å². The highest BCUT2D eigenvalue weighted by Crippen LogP contribution is 2.56. The molecule has 1 aliphatic rings. The predicted octanol–water partition coefficient (Wildman–Crippen LogP) is 18.6. The van der Waals surface area contributed by atoms with Gasteiger partial charge in [-0.1, -0.05) is 244 Å². The minimum atomic E-state index is -0.255. The topological polar surface area (TPSA) is 3.24 Å². The van der Waals surface area contributed by atoms with E-state index in [0.717, 1.165) is 16.9 Å². The van der Waals surface area contributed by atoms with E-state index in [0.29, 0.717) is 0 Å². The molecule has 0 unspecified atom stereocenters.